The Morgan fingerprint density at radius 1 is 1.16 bits per heavy atom. The highest BCUT2D eigenvalue weighted by atomic mass is 16.5. The Bertz CT molecular complexity index is 1070. The van der Waals surface area contributed by atoms with Crippen molar-refractivity contribution in [2.75, 3.05) is 20.2 Å². The minimum absolute atomic E-state index is 0.0966. The van der Waals surface area contributed by atoms with E-state index in [1.54, 1.807) is 14.0 Å². The molecule has 1 spiro atoms. The summed E-state index contributed by atoms with van der Waals surface area (Å²) in [6.07, 6.45) is 2.25. The lowest BCUT2D eigenvalue weighted by molar-refractivity contribution is -0.159. The van der Waals surface area contributed by atoms with E-state index < -0.39 is 5.72 Å². The molecule has 1 fully saturated rings. The molecule has 2 aromatic rings. The fraction of sp³-hybridized carbons (Fsp3) is 0.440. The van der Waals surface area contributed by atoms with Gasteiger partial charge in [-0.3, -0.25) is 4.79 Å². The molecule has 0 radical (unpaired) electrons. The number of nitrogens with zero attached hydrogens (tertiary/aromatic N) is 3. The Morgan fingerprint density at radius 2 is 1.94 bits per heavy atom. The van der Waals surface area contributed by atoms with Gasteiger partial charge in [0.2, 0.25) is 11.6 Å². The van der Waals surface area contributed by atoms with Crippen LogP contribution in [0.15, 0.2) is 41.5 Å². The Hall–Kier alpha value is -3.02. The summed E-state index contributed by atoms with van der Waals surface area (Å²) in [7, 11) is 1.68. The Kier molecular flexibility index (Phi) is 4.68. The highest BCUT2D eigenvalue weighted by molar-refractivity contribution is 6.02. The van der Waals surface area contributed by atoms with E-state index in [1.165, 1.54) is 16.7 Å². The lowest BCUT2D eigenvalue weighted by Crippen LogP contribution is -2.59. The van der Waals surface area contributed by atoms with Crippen molar-refractivity contribution in [2.24, 2.45) is 5.10 Å². The van der Waals surface area contributed by atoms with Crippen LogP contribution >= 0.6 is 0 Å². The average molecular weight is 420 g/mol. The highest BCUT2D eigenvalue weighted by Crippen LogP contribution is 2.52. The van der Waals surface area contributed by atoms with Crippen LogP contribution < -0.4 is 9.47 Å². The number of carbonyl (C=O) groups is 1. The third-order valence-corrected chi connectivity index (χ3v) is 7.04. The summed E-state index contributed by atoms with van der Waals surface area (Å²) in [6, 6.07) is 12.7. The molecular weight excluding hydrogens is 390 g/mol. The van der Waals surface area contributed by atoms with Gasteiger partial charge in [0, 0.05) is 44.8 Å². The van der Waals surface area contributed by atoms with Crippen LogP contribution in [0.25, 0.3) is 0 Å². The zero-order valence-corrected chi connectivity index (χ0v) is 18.6. The summed E-state index contributed by atoms with van der Waals surface area (Å²) in [5.74, 6) is 1.69. The first-order valence-electron chi connectivity index (χ1n) is 11.0. The molecule has 3 aliphatic rings. The zero-order valence-electron chi connectivity index (χ0n) is 18.6. The lowest BCUT2D eigenvalue weighted by atomic mass is 9.90. The Morgan fingerprint density at radius 3 is 2.61 bits per heavy atom. The van der Waals surface area contributed by atoms with Gasteiger partial charge in [0.15, 0.2) is 11.5 Å². The van der Waals surface area contributed by atoms with Gasteiger partial charge in [-0.25, -0.2) is 5.01 Å². The Labute approximate surface area is 183 Å². The second-order valence-corrected chi connectivity index (χ2v) is 8.84. The standard InChI is InChI=1S/C25H29N3O3/c1-16-8-9-19(14-17(16)2)21-15-22-20-6-5-7-23(30-4)24(20)31-25(28(22)26-21)10-12-27(13-11-25)18(3)29/h5-9,14,22H,10-13,15H2,1-4H3/t22-/m1/s1. The highest BCUT2D eigenvalue weighted by Gasteiger charge is 2.52. The van der Waals surface area contributed by atoms with Gasteiger partial charge in [0.1, 0.15) is 0 Å². The van der Waals surface area contributed by atoms with E-state index in [4.69, 9.17) is 14.6 Å². The zero-order chi connectivity index (χ0) is 21.8. The van der Waals surface area contributed by atoms with E-state index in [9.17, 15) is 4.79 Å². The molecule has 0 unspecified atom stereocenters. The Balaban J connectivity index is 1.58. The molecule has 0 aromatic heterocycles. The minimum atomic E-state index is -0.570. The number of rotatable bonds is 2. The summed E-state index contributed by atoms with van der Waals surface area (Å²) < 4.78 is 12.4. The van der Waals surface area contributed by atoms with Crippen molar-refractivity contribution < 1.29 is 14.3 Å². The second-order valence-electron chi connectivity index (χ2n) is 8.84. The summed E-state index contributed by atoms with van der Waals surface area (Å²) >= 11 is 0. The van der Waals surface area contributed by atoms with Crippen LogP contribution in [-0.2, 0) is 4.79 Å². The molecule has 6 heteroatoms. The maximum atomic E-state index is 11.9. The van der Waals surface area contributed by atoms with Crippen LogP contribution in [0.4, 0.5) is 0 Å². The van der Waals surface area contributed by atoms with Gasteiger partial charge in [-0.15, -0.1) is 0 Å². The van der Waals surface area contributed by atoms with Crippen molar-refractivity contribution in [1.82, 2.24) is 9.91 Å². The maximum absolute atomic E-state index is 11.9. The van der Waals surface area contributed by atoms with Crippen LogP contribution in [0.5, 0.6) is 11.5 Å². The number of hydrogen-bond acceptors (Lipinski definition) is 5. The number of ether oxygens (including phenoxy) is 2. The summed E-state index contributed by atoms with van der Waals surface area (Å²) in [6.45, 7) is 7.23. The first-order valence-corrected chi connectivity index (χ1v) is 11.0. The summed E-state index contributed by atoms with van der Waals surface area (Å²) in [4.78, 5) is 13.8. The molecule has 162 valence electrons. The topological polar surface area (TPSA) is 54.4 Å². The molecule has 0 aliphatic carbocycles. The largest absolute Gasteiger partial charge is 0.493 e. The number of carbonyl (C=O) groups excluding carboxylic acids is 1. The van der Waals surface area contributed by atoms with Crippen LogP contribution in [0.2, 0.25) is 0 Å². The molecule has 5 rings (SSSR count). The first-order chi connectivity index (χ1) is 14.9. The molecule has 1 atom stereocenters. The molecule has 2 aromatic carbocycles. The van der Waals surface area contributed by atoms with E-state index in [0.29, 0.717) is 25.9 Å². The average Bonchev–Trinajstić information content (AvgIpc) is 3.23. The van der Waals surface area contributed by atoms with Crippen molar-refractivity contribution in [3.05, 3.63) is 58.7 Å². The molecule has 0 saturated carbocycles. The van der Waals surface area contributed by atoms with Crippen LogP contribution in [0, 0.1) is 13.8 Å². The summed E-state index contributed by atoms with van der Waals surface area (Å²) in [5.41, 5.74) is 5.35. The van der Waals surface area contributed by atoms with Crippen molar-refractivity contribution in [1.29, 1.82) is 0 Å². The lowest BCUT2D eigenvalue weighted by Gasteiger charge is -2.51. The molecular formula is C25H29N3O3. The maximum Gasteiger partial charge on any atom is 0.219 e. The molecule has 1 saturated heterocycles. The fourth-order valence-corrected chi connectivity index (χ4v) is 5.03. The van der Waals surface area contributed by atoms with Gasteiger partial charge in [-0.1, -0.05) is 24.3 Å². The van der Waals surface area contributed by atoms with Crippen molar-refractivity contribution >= 4 is 11.6 Å². The quantitative estimate of drug-likeness (QED) is 0.732. The number of hydrogen-bond donors (Lipinski definition) is 0. The number of likely N-dealkylation sites (tertiary alicyclic amines) is 1. The number of methoxy groups -OCH3 is 1. The molecule has 3 heterocycles. The minimum Gasteiger partial charge on any atom is -0.493 e. The van der Waals surface area contributed by atoms with Crippen molar-refractivity contribution in [3.8, 4) is 11.5 Å². The van der Waals surface area contributed by atoms with Crippen LogP contribution in [0.1, 0.15) is 54.5 Å². The van der Waals surface area contributed by atoms with Gasteiger partial charge < -0.3 is 14.4 Å². The van der Waals surface area contributed by atoms with Gasteiger partial charge in [-0.2, -0.15) is 5.10 Å². The number of fused-ring (bicyclic) bond motifs is 4. The fourth-order valence-electron chi connectivity index (χ4n) is 5.03. The number of amides is 1. The van der Waals surface area contributed by atoms with Crippen LogP contribution in [-0.4, -0.2) is 47.5 Å². The first kappa shape index (κ1) is 19.9. The van der Waals surface area contributed by atoms with E-state index >= 15 is 0 Å². The number of piperidine rings is 1. The van der Waals surface area contributed by atoms with Crippen LogP contribution in [0.3, 0.4) is 0 Å². The predicted octanol–water partition coefficient (Wildman–Crippen LogP) is 4.19. The van der Waals surface area contributed by atoms with Gasteiger partial charge in [0.25, 0.3) is 0 Å². The number of aryl methyl sites for hydroxylation is 2. The molecule has 1 amide bonds. The molecule has 0 N–H and O–H groups in total. The van der Waals surface area contributed by atoms with Crippen molar-refractivity contribution in [3.63, 3.8) is 0 Å². The van der Waals surface area contributed by atoms with E-state index in [1.807, 2.05) is 17.0 Å². The second kappa shape index (κ2) is 7.29. The van der Waals surface area contributed by atoms with Gasteiger partial charge in [-0.05, 0) is 42.7 Å². The monoisotopic (exact) mass is 419 g/mol. The van der Waals surface area contributed by atoms with Crippen molar-refractivity contribution in [2.45, 2.75) is 51.8 Å². The number of hydrazone groups is 1. The molecule has 31 heavy (non-hydrogen) atoms. The van der Waals surface area contributed by atoms with Gasteiger partial charge >= 0.3 is 0 Å². The third kappa shape index (κ3) is 3.16. The van der Waals surface area contributed by atoms with E-state index in [-0.39, 0.29) is 11.9 Å². The summed E-state index contributed by atoms with van der Waals surface area (Å²) in [5, 5.41) is 7.31. The molecule has 0 bridgehead atoms. The van der Waals surface area contributed by atoms with E-state index in [0.717, 1.165) is 29.2 Å². The van der Waals surface area contributed by atoms with Gasteiger partial charge in [0.05, 0.1) is 18.9 Å². The smallest absolute Gasteiger partial charge is 0.219 e. The van der Waals surface area contributed by atoms with E-state index in [2.05, 4.69) is 43.1 Å². The number of para-hydroxylation sites is 1. The predicted molar refractivity (Wildman–Crippen MR) is 119 cm³/mol. The normalized spacial score (nSPS) is 21.3. The number of benzene rings is 2. The third-order valence-electron chi connectivity index (χ3n) is 7.04. The molecule has 6 nitrogen and oxygen atoms in total. The SMILES string of the molecule is COc1cccc2c1OC1(CCN(C(C)=O)CC1)N1N=C(c3ccc(C)c(C)c3)C[C@H]21. The molecule has 3 aliphatic heterocycles.